The number of rotatable bonds is 8. The molecule has 22 heavy (non-hydrogen) atoms. The van der Waals surface area contributed by atoms with Crippen molar-refractivity contribution in [2.75, 3.05) is 14.2 Å². The first-order valence-corrected chi connectivity index (χ1v) is 7.49. The second-order valence-corrected chi connectivity index (χ2v) is 4.95. The average molecular weight is 302 g/mol. The Morgan fingerprint density at radius 1 is 1.09 bits per heavy atom. The normalized spacial score (nSPS) is 11.0. The van der Waals surface area contributed by atoms with Crippen LogP contribution in [0.3, 0.4) is 0 Å². The molecule has 2 rings (SSSR count). The molecule has 0 saturated carbocycles. The molecule has 0 spiro atoms. The van der Waals surface area contributed by atoms with Gasteiger partial charge in [0.15, 0.2) is 17.3 Å². The van der Waals surface area contributed by atoms with Crippen LogP contribution in [0, 0.1) is 0 Å². The lowest BCUT2D eigenvalue weighted by Crippen LogP contribution is -1.90. The topological polar surface area (TPSA) is 57.4 Å². The summed E-state index contributed by atoms with van der Waals surface area (Å²) in [5, 5.41) is 3.98. The van der Waals surface area contributed by atoms with E-state index in [2.05, 4.69) is 17.1 Å². The first-order chi connectivity index (χ1) is 10.8. The zero-order valence-electron chi connectivity index (χ0n) is 13.3. The molecule has 0 unspecified atom stereocenters. The summed E-state index contributed by atoms with van der Waals surface area (Å²) in [5.74, 6) is 2.67. The van der Waals surface area contributed by atoms with Crippen molar-refractivity contribution in [3.8, 4) is 11.5 Å². The Balaban J connectivity index is 2.02. The summed E-state index contributed by atoms with van der Waals surface area (Å²) < 4.78 is 15.7. The fourth-order valence-electron chi connectivity index (χ4n) is 2.09. The Morgan fingerprint density at radius 3 is 2.64 bits per heavy atom. The maximum absolute atomic E-state index is 5.28. The molecule has 5 heteroatoms. The van der Waals surface area contributed by atoms with E-state index < -0.39 is 0 Å². The number of aryl methyl sites for hydroxylation is 1. The summed E-state index contributed by atoms with van der Waals surface area (Å²) in [6, 6.07) is 5.70. The van der Waals surface area contributed by atoms with Crippen molar-refractivity contribution in [3.63, 3.8) is 0 Å². The van der Waals surface area contributed by atoms with Gasteiger partial charge in [0.1, 0.15) is 0 Å². The Hall–Kier alpha value is -2.30. The van der Waals surface area contributed by atoms with Gasteiger partial charge in [-0.05, 0) is 30.2 Å². The van der Waals surface area contributed by atoms with E-state index in [0.29, 0.717) is 17.4 Å². The largest absolute Gasteiger partial charge is 0.493 e. The van der Waals surface area contributed by atoms with Gasteiger partial charge >= 0.3 is 0 Å². The Labute approximate surface area is 130 Å². The van der Waals surface area contributed by atoms with Crippen LogP contribution in [-0.4, -0.2) is 24.4 Å². The molecular formula is C17H22N2O3. The maximum Gasteiger partial charge on any atom is 0.250 e. The van der Waals surface area contributed by atoms with Crippen LogP contribution >= 0.6 is 0 Å². The van der Waals surface area contributed by atoms with Gasteiger partial charge in [-0.15, -0.1) is 0 Å². The first-order valence-electron chi connectivity index (χ1n) is 7.49. The fourth-order valence-corrected chi connectivity index (χ4v) is 2.09. The highest BCUT2D eigenvalue weighted by molar-refractivity contribution is 5.67. The van der Waals surface area contributed by atoms with E-state index in [1.54, 1.807) is 20.3 Å². The third-order valence-corrected chi connectivity index (χ3v) is 3.31. The van der Waals surface area contributed by atoms with Crippen LogP contribution in [0.4, 0.5) is 0 Å². The van der Waals surface area contributed by atoms with Crippen molar-refractivity contribution >= 4 is 12.2 Å². The molecule has 0 radical (unpaired) electrons. The molecule has 2 aromatic rings. The number of hydrogen-bond acceptors (Lipinski definition) is 5. The monoisotopic (exact) mass is 302 g/mol. The number of aromatic nitrogens is 2. The average Bonchev–Trinajstić information content (AvgIpc) is 3.00. The van der Waals surface area contributed by atoms with Crippen molar-refractivity contribution in [3.05, 3.63) is 35.5 Å². The lowest BCUT2D eigenvalue weighted by atomic mass is 10.2. The molecule has 118 valence electrons. The van der Waals surface area contributed by atoms with E-state index >= 15 is 0 Å². The van der Waals surface area contributed by atoms with Gasteiger partial charge in [0.05, 0.1) is 14.2 Å². The molecule has 0 fully saturated rings. The van der Waals surface area contributed by atoms with Crippen molar-refractivity contribution in [1.82, 2.24) is 10.1 Å². The third-order valence-electron chi connectivity index (χ3n) is 3.31. The van der Waals surface area contributed by atoms with Crippen LogP contribution in [0.2, 0.25) is 0 Å². The number of hydrogen-bond donors (Lipinski definition) is 0. The number of nitrogens with zero attached hydrogens (tertiary/aromatic N) is 2. The lowest BCUT2D eigenvalue weighted by Gasteiger charge is -2.07. The van der Waals surface area contributed by atoms with E-state index in [4.69, 9.17) is 14.0 Å². The predicted molar refractivity (Wildman–Crippen MR) is 86.0 cm³/mol. The molecule has 0 bridgehead atoms. The minimum absolute atomic E-state index is 0.515. The van der Waals surface area contributed by atoms with Gasteiger partial charge in [0.2, 0.25) is 0 Å². The van der Waals surface area contributed by atoms with Crippen LogP contribution in [-0.2, 0) is 6.42 Å². The van der Waals surface area contributed by atoms with Gasteiger partial charge in [-0.3, -0.25) is 0 Å². The molecule has 0 aliphatic carbocycles. The van der Waals surface area contributed by atoms with E-state index in [0.717, 1.165) is 24.2 Å². The molecule has 5 nitrogen and oxygen atoms in total. The quantitative estimate of drug-likeness (QED) is 0.690. The molecule has 0 atom stereocenters. The van der Waals surface area contributed by atoms with Crippen LogP contribution in [0.5, 0.6) is 11.5 Å². The Kier molecular flexibility index (Phi) is 6.01. The van der Waals surface area contributed by atoms with Gasteiger partial charge in [-0.2, -0.15) is 4.98 Å². The van der Waals surface area contributed by atoms with Crippen molar-refractivity contribution < 1.29 is 14.0 Å². The molecule has 1 aromatic carbocycles. The number of unbranched alkanes of at least 4 members (excludes halogenated alkanes) is 2. The van der Waals surface area contributed by atoms with Gasteiger partial charge in [-0.1, -0.05) is 31.0 Å². The second kappa shape index (κ2) is 8.22. The van der Waals surface area contributed by atoms with Gasteiger partial charge < -0.3 is 14.0 Å². The van der Waals surface area contributed by atoms with Crippen LogP contribution < -0.4 is 9.47 Å². The minimum Gasteiger partial charge on any atom is -0.493 e. The third kappa shape index (κ3) is 4.35. The molecule has 0 aliphatic heterocycles. The SMILES string of the molecule is CCCCCc1noc(C=Cc2ccc(OC)c(OC)c2)n1. The summed E-state index contributed by atoms with van der Waals surface area (Å²) in [7, 11) is 3.23. The van der Waals surface area contributed by atoms with E-state index in [9.17, 15) is 0 Å². The van der Waals surface area contributed by atoms with E-state index in [-0.39, 0.29) is 0 Å². The number of benzene rings is 1. The zero-order valence-corrected chi connectivity index (χ0v) is 13.3. The summed E-state index contributed by atoms with van der Waals surface area (Å²) in [6.07, 6.45) is 8.04. The van der Waals surface area contributed by atoms with Crippen LogP contribution in [0.15, 0.2) is 22.7 Å². The molecule has 0 aliphatic rings. The smallest absolute Gasteiger partial charge is 0.250 e. The van der Waals surface area contributed by atoms with Crippen molar-refractivity contribution in [1.29, 1.82) is 0 Å². The molecule has 1 aromatic heterocycles. The van der Waals surface area contributed by atoms with Gasteiger partial charge in [-0.25, -0.2) is 0 Å². The number of ether oxygens (including phenoxy) is 2. The standard InChI is InChI=1S/C17H22N2O3/c1-4-5-6-7-16-18-17(22-19-16)11-9-13-8-10-14(20-2)15(12-13)21-3/h8-12H,4-7H2,1-3H3. The van der Waals surface area contributed by atoms with Gasteiger partial charge in [0.25, 0.3) is 5.89 Å². The van der Waals surface area contributed by atoms with Crippen LogP contribution in [0.1, 0.15) is 43.5 Å². The van der Waals surface area contributed by atoms with E-state index in [1.165, 1.54) is 12.8 Å². The number of methoxy groups -OCH3 is 2. The van der Waals surface area contributed by atoms with Crippen LogP contribution in [0.25, 0.3) is 12.2 Å². The van der Waals surface area contributed by atoms with Crippen molar-refractivity contribution in [2.24, 2.45) is 0 Å². The molecule has 0 saturated heterocycles. The molecule has 0 N–H and O–H groups in total. The van der Waals surface area contributed by atoms with E-state index in [1.807, 2.05) is 24.3 Å². The summed E-state index contributed by atoms with van der Waals surface area (Å²) >= 11 is 0. The summed E-state index contributed by atoms with van der Waals surface area (Å²) in [5.41, 5.74) is 0.975. The summed E-state index contributed by atoms with van der Waals surface area (Å²) in [6.45, 7) is 2.17. The Bertz CT molecular complexity index is 620. The molecule has 0 amide bonds. The minimum atomic E-state index is 0.515. The molecule has 1 heterocycles. The fraction of sp³-hybridized carbons (Fsp3) is 0.412. The van der Waals surface area contributed by atoms with Crippen molar-refractivity contribution in [2.45, 2.75) is 32.6 Å². The highest BCUT2D eigenvalue weighted by atomic mass is 16.5. The first kappa shape index (κ1) is 16.1. The highest BCUT2D eigenvalue weighted by Crippen LogP contribution is 2.28. The predicted octanol–water partition coefficient (Wildman–Crippen LogP) is 3.99. The molecular weight excluding hydrogens is 280 g/mol. The highest BCUT2D eigenvalue weighted by Gasteiger charge is 2.05. The zero-order chi connectivity index (χ0) is 15.8. The second-order valence-electron chi connectivity index (χ2n) is 4.95. The maximum atomic E-state index is 5.28. The summed E-state index contributed by atoms with van der Waals surface area (Å²) in [4.78, 5) is 4.35. The lowest BCUT2D eigenvalue weighted by molar-refractivity contribution is 0.355. The Morgan fingerprint density at radius 2 is 1.91 bits per heavy atom. The van der Waals surface area contributed by atoms with Gasteiger partial charge in [0, 0.05) is 12.5 Å².